The number of rotatable bonds is 3. The van der Waals surface area contributed by atoms with E-state index >= 15 is 0 Å². The molecule has 90 valence electrons. The van der Waals surface area contributed by atoms with Gasteiger partial charge in [0.1, 0.15) is 12.4 Å². The minimum absolute atomic E-state index is 0.00866. The van der Waals surface area contributed by atoms with Crippen molar-refractivity contribution >= 4 is 11.9 Å². The molecular weight excluding hydrogens is 231 g/mol. The van der Waals surface area contributed by atoms with E-state index < -0.39 is 11.9 Å². The zero-order valence-corrected chi connectivity index (χ0v) is 8.71. The second kappa shape index (κ2) is 4.32. The molecular formula is C9H9FN4O3. The third kappa shape index (κ3) is 2.47. The number of aromatic nitrogens is 3. The number of amides is 1. The molecule has 1 aromatic heterocycles. The van der Waals surface area contributed by atoms with Gasteiger partial charge in [0, 0.05) is 6.54 Å². The van der Waals surface area contributed by atoms with Gasteiger partial charge in [-0.2, -0.15) is 0 Å². The van der Waals surface area contributed by atoms with Crippen LogP contribution in [0.2, 0.25) is 0 Å². The Morgan fingerprint density at radius 3 is 2.88 bits per heavy atom. The van der Waals surface area contributed by atoms with E-state index in [1.165, 1.54) is 17.2 Å². The largest absolute Gasteiger partial charge is 0.480 e. The lowest BCUT2D eigenvalue weighted by Gasteiger charge is -2.12. The quantitative estimate of drug-likeness (QED) is 0.781. The number of nitrogens with zero attached hydrogens (tertiary/aromatic N) is 4. The third-order valence-corrected chi connectivity index (χ3v) is 2.22. The number of carbonyl (C=O) groups excluding carboxylic acids is 1. The van der Waals surface area contributed by atoms with E-state index in [0.29, 0.717) is 0 Å². The van der Waals surface area contributed by atoms with Gasteiger partial charge >= 0.3 is 5.97 Å². The average molecular weight is 240 g/mol. The third-order valence-electron chi connectivity index (χ3n) is 2.22. The summed E-state index contributed by atoms with van der Waals surface area (Å²) in [7, 11) is 0. The number of carbonyl (C=O) groups is 2. The normalized spacial score (nSPS) is 14.9. The van der Waals surface area contributed by atoms with Crippen molar-refractivity contribution in [2.45, 2.75) is 6.54 Å². The summed E-state index contributed by atoms with van der Waals surface area (Å²) in [6, 6.07) is 0. The monoisotopic (exact) mass is 240 g/mol. The van der Waals surface area contributed by atoms with Crippen molar-refractivity contribution < 1.29 is 19.1 Å². The van der Waals surface area contributed by atoms with Crippen LogP contribution in [0.5, 0.6) is 0 Å². The standard InChI is InChI=1S/C9H9FN4O3/c10-6-1-2-13(3-6)9(17)7-4-14(12-11-7)5-8(15)16/h1,4H,2-3,5H2,(H,15,16). The zero-order valence-electron chi connectivity index (χ0n) is 8.71. The van der Waals surface area contributed by atoms with Gasteiger partial charge in [0.15, 0.2) is 5.69 Å². The first-order valence-corrected chi connectivity index (χ1v) is 4.82. The molecule has 2 rings (SSSR count). The van der Waals surface area contributed by atoms with E-state index in [-0.39, 0.29) is 31.2 Å². The smallest absolute Gasteiger partial charge is 0.325 e. The van der Waals surface area contributed by atoms with Crippen molar-refractivity contribution in [1.29, 1.82) is 0 Å². The summed E-state index contributed by atoms with van der Waals surface area (Å²) in [5.74, 6) is -1.91. The summed E-state index contributed by atoms with van der Waals surface area (Å²) in [6.07, 6.45) is 2.53. The first-order valence-electron chi connectivity index (χ1n) is 4.82. The number of hydrogen-bond donors (Lipinski definition) is 1. The van der Waals surface area contributed by atoms with E-state index in [0.717, 1.165) is 4.68 Å². The highest BCUT2D eigenvalue weighted by Crippen LogP contribution is 2.12. The molecule has 0 fully saturated rings. The van der Waals surface area contributed by atoms with Crippen LogP contribution in [0.3, 0.4) is 0 Å². The van der Waals surface area contributed by atoms with E-state index in [4.69, 9.17) is 5.11 Å². The number of halogens is 1. The Morgan fingerprint density at radius 2 is 2.29 bits per heavy atom. The Hall–Kier alpha value is -2.25. The second-order valence-corrected chi connectivity index (χ2v) is 3.53. The van der Waals surface area contributed by atoms with E-state index in [1.807, 2.05) is 0 Å². The lowest BCUT2D eigenvalue weighted by Crippen LogP contribution is -2.29. The average Bonchev–Trinajstić information content (AvgIpc) is 2.85. The number of carboxylic acid groups (broad SMARTS) is 1. The molecule has 0 atom stereocenters. The molecule has 0 radical (unpaired) electrons. The highest BCUT2D eigenvalue weighted by atomic mass is 19.1. The molecule has 0 spiro atoms. The molecule has 1 amide bonds. The van der Waals surface area contributed by atoms with E-state index in [9.17, 15) is 14.0 Å². The van der Waals surface area contributed by atoms with Gasteiger partial charge in [-0.3, -0.25) is 9.59 Å². The van der Waals surface area contributed by atoms with Gasteiger partial charge in [-0.25, -0.2) is 9.07 Å². The number of carboxylic acids is 1. The van der Waals surface area contributed by atoms with Crippen molar-refractivity contribution in [2.75, 3.05) is 13.1 Å². The summed E-state index contributed by atoms with van der Waals surface area (Å²) >= 11 is 0. The number of hydrogen-bond acceptors (Lipinski definition) is 4. The number of aliphatic carboxylic acids is 1. The molecule has 8 heteroatoms. The van der Waals surface area contributed by atoms with Crippen molar-refractivity contribution in [1.82, 2.24) is 19.9 Å². The van der Waals surface area contributed by atoms with E-state index in [1.54, 1.807) is 0 Å². The molecule has 1 aromatic rings. The summed E-state index contributed by atoms with van der Waals surface area (Å²) in [5.41, 5.74) is 0.00866. The van der Waals surface area contributed by atoms with Crippen molar-refractivity contribution in [3.63, 3.8) is 0 Å². The Morgan fingerprint density at radius 1 is 1.53 bits per heavy atom. The fraction of sp³-hybridized carbons (Fsp3) is 0.333. The molecule has 2 heterocycles. The molecule has 0 unspecified atom stereocenters. The SMILES string of the molecule is O=C(O)Cn1cc(C(=O)N2CC=C(F)C2)nn1. The highest BCUT2D eigenvalue weighted by Gasteiger charge is 2.23. The lowest BCUT2D eigenvalue weighted by molar-refractivity contribution is -0.137. The molecule has 1 aliphatic heterocycles. The molecule has 0 saturated heterocycles. The maximum atomic E-state index is 12.8. The fourth-order valence-electron chi connectivity index (χ4n) is 1.45. The van der Waals surface area contributed by atoms with Crippen molar-refractivity contribution in [3.05, 3.63) is 23.8 Å². The molecule has 0 aromatic carbocycles. The Bertz CT molecular complexity index is 496. The Kier molecular flexibility index (Phi) is 2.86. The Balaban J connectivity index is 2.05. The summed E-state index contributed by atoms with van der Waals surface area (Å²) in [4.78, 5) is 23.4. The van der Waals surface area contributed by atoms with Crippen LogP contribution in [-0.2, 0) is 11.3 Å². The molecule has 1 aliphatic rings. The van der Waals surface area contributed by atoms with Crippen LogP contribution in [0, 0.1) is 0 Å². The summed E-state index contributed by atoms with van der Waals surface area (Å²) in [6.45, 7) is -0.256. The van der Waals surface area contributed by atoms with Gasteiger partial charge in [0.05, 0.1) is 12.7 Å². The van der Waals surface area contributed by atoms with Crippen LogP contribution >= 0.6 is 0 Å². The predicted octanol–water partition coefficient (Wildman–Crippen LogP) is -0.328. The van der Waals surface area contributed by atoms with Crippen LogP contribution in [0.15, 0.2) is 18.1 Å². The Labute approximate surface area is 95.1 Å². The van der Waals surface area contributed by atoms with Gasteiger partial charge in [-0.05, 0) is 6.08 Å². The lowest BCUT2D eigenvalue weighted by atomic mass is 10.4. The van der Waals surface area contributed by atoms with E-state index in [2.05, 4.69) is 10.3 Å². The topological polar surface area (TPSA) is 88.3 Å². The maximum Gasteiger partial charge on any atom is 0.325 e. The molecule has 0 bridgehead atoms. The predicted molar refractivity (Wildman–Crippen MR) is 52.8 cm³/mol. The first kappa shape index (κ1) is 11.2. The van der Waals surface area contributed by atoms with Gasteiger partial charge in [-0.15, -0.1) is 5.10 Å². The van der Waals surface area contributed by atoms with Crippen LogP contribution < -0.4 is 0 Å². The van der Waals surface area contributed by atoms with Crippen molar-refractivity contribution in [3.8, 4) is 0 Å². The molecule has 17 heavy (non-hydrogen) atoms. The highest BCUT2D eigenvalue weighted by molar-refractivity contribution is 5.92. The van der Waals surface area contributed by atoms with Gasteiger partial charge in [0.25, 0.3) is 5.91 Å². The minimum Gasteiger partial charge on any atom is -0.480 e. The molecule has 1 N–H and O–H groups in total. The first-order chi connectivity index (χ1) is 8.06. The van der Waals surface area contributed by atoms with Crippen LogP contribution in [0.1, 0.15) is 10.5 Å². The van der Waals surface area contributed by atoms with Gasteiger partial charge < -0.3 is 10.0 Å². The minimum atomic E-state index is -1.08. The van der Waals surface area contributed by atoms with Gasteiger partial charge in [0.2, 0.25) is 0 Å². The summed E-state index contributed by atoms with van der Waals surface area (Å²) in [5, 5.41) is 15.6. The van der Waals surface area contributed by atoms with Crippen molar-refractivity contribution in [2.24, 2.45) is 0 Å². The molecule has 7 nitrogen and oxygen atoms in total. The van der Waals surface area contributed by atoms with Gasteiger partial charge in [-0.1, -0.05) is 5.21 Å². The van der Waals surface area contributed by atoms with Crippen LogP contribution in [0.4, 0.5) is 4.39 Å². The summed E-state index contributed by atoms with van der Waals surface area (Å²) < 4.78 is 13.8. The molecule has 0 aliphatic carbocycles. The molecule has 0 saturated carbocycles. The van der Waals surface area contributed by atoms with Crippen LogP contribution in [-0.4, -0.2) is 50.0 Å². The fourth-order valence-corrected chi connectivity index (χ4v) is 1.45. The second-order valence-electron chi connectivity index (χ2n) is 3.53. The zero-order chi connectivity index (χ0) is 12.4. The maximum absolute atomic E-state index is 12.8. The van der Waals surface area contributed by atoms with Crippen LogP contribution in [0.25, 0.3) is 0 Å².